The number of ether oxygens (including phenoxy) is 1. The maximum absolute atomic E-state index is 13.0. The minimum Gasteiger partial charge on any atom is -0.497 e. The zero-order valence-electron chi connectivity index (χ0n) is 14.8. The van der Waals surface area contributed by atoms with Crippen molar-refractivity contribution in [1.29, 1.82) is 0 Å². The SMILES string of the molecule is COc1ccc(N(Cc2cccs2)C(=O)CSc2nnnn2C2CC2)cc1. The predicted octanol–water partition coefficient (Wildman–Crippen LogP) is 3.40. The fourth-order valence-electron chi connectivity index (χ4n) is 2.68. The van der Waals surface area contributed by atoms with Crippen LogP contribution in [0.2, 0.25) is 0 Å². The Kier molecular flexibility index (Phi) is 5.40. The monoisotopic (exact) mass is 401 g/mol. The number of carbonyl (C=O) groups is 1. The Morgan fingerprint density at radius 3 is 2.81 bits per heavy atom. The average molecular weight is 402 g/mol. The maximum atomic E-state index is 13.0. The van der Waals surface area contributed by atoms with E-state index >= 15 is 0 Å². The number of methoxy groups -OCH3 is 1. The molecule has 0 aliphatic heterocycles. The van der Waals surface area contributed by atoms with Crippen LogP contribution < -0.4 is 9.64 Å². The van der Waals surface area contributed by atoms with Crippen LogP contribution in [0.4, 0.5) is 5.69 Å². The van der Waals surface area contributed by atoms with E-state index in [1.165, 1.54) is 11.8 Å². The summed E-state index contributed by atoms with van der Waals surface area (Å²) in [6.45, 7) is 0.539. The lowest BCUT2D eigenvalue weighted by molar-refractivity contribution is -0.116. The number of rotatable bonds is 8. The Morgan fingerprint density at radius 2 is 2.15 bits per heavy atom. The number of hydrogen-bond acceptors (Lipinski definition) is 7. The molecule has 1 fully saturated rings. The molecular weight excluding hydrogens is 382 g/mol. The number of hydrogen-bond donors (Lipinski definition) is 0. The number of tetrazole rings is 1. The first-order valence-electron chi connectivity index (χ1n) is 8.62. The Hall–Kier alpha value is -2.39. The van der Waals surface area contributed by atoms with Crippen molar-refractivity contribution in [3.8, 4) is 5.75 Å². The molecule has 0 unspecified atom stereocenters. The lowest BCUT2D eigenvalue weighted by atomic mass is 10.2. The van der Waals surface area contributed by atoms with Crippen molar-refractivity contribution < 1.29 is 9.53 Å². The molecule has 0 N–H and O–H groups in total. The largest absolute Gasteiger partial charge is 0.497 e. The zero-order chi connectivity index (χ0) is 18.6. The van der Waals surface area contributed by atoms with Gasteiger partial charge in [-0.2, -0.15) is 0 Å². The second-order valence-corrected chi connectivity index (χ2v) is 8.16. The molecule has 3 aromatic rings. The summed E-state index contributed by atoms with van der Waals surface area (Å²) < 4.78 is 7.05. The molecule has 0 radical (unpaired) electrons. The number of thiophene rings is 1. The molecule has 7 nitrogen and oxygen atoms in total. The standard InChI is InChI=1S/C18H19N5O2S2/c1-25-15-8-6-13(7-9-15)22(11-16-3-2-10-26-16)17(24)12-27-18-19-20-21-23(18)14-4-5-14/h2-3,6-10,14H,4-5,11-12H2,1H3. The minimum absolute atomic E-state index is 0.0175. The van der Waals surface area contributed by atoms with Gasteiger partial charge in [0.1, 0.15) is 5.75 Å². The van der Waals surface area contributed by atoms with Crippen molar-refractivity contribution in [3.63, 3.8) is 0 Å². The van der Waals surface area contributed by atoms with E-state index in [2.05, 4.69) is 15.5 Å². The summed E-state index contributed by atoms with van der Waals surface area (Å²) in [5.74, 6) is 1.06. The van der Waals surface area contributed by atoms with Crippen LogP contribution in [0.3, 0.4) is 0 Å². The van der Waals surface area contributed by atoms with Gasteiger partial charge in [0, 0.05) is 10.6 Å². The van der Waals surface area contributed by atoms with Crippen LogP contribution >= 0.6 is 23.1 Å². The minimum atomic E-state index is 0.0175. The number of benzene rings is 1. The number of thioether (sulfide) groups is 1. The summed E-state index contributed by atoms with van der Waals surface area (Å²) in [6.07, 6.45) is 2.20. The van der Waals surface area contributed by atoms with Crippen LogP contribution in [-0.2, 0) is 11.3 Å². The van der Waals surface area contributed by atoms with E-state index in [0.717, 1.165) is 29.2 Å². The number of nitrogens with zero attached hydrogens (tertiary/aromatic N) is 5. The van der Waals surface area contributed by atoms with Gasteiger partial charge in [-0.25, -0.2) is 4.68 Å². The first-order valence-corrected chi connectivity index (χ1v) is 10.5. The number of carbonyl (C=O) groups excluding carboxylic acids is 1. The summed E-state index contributed by atoms with van der Waals surface area (Å²) in [5.41, 5.74) is 0.844. The van der Waals surface area contributed by atoms with Crippen molar-refractivity contribution in [1.82, 2.24) is 20.2 Å². The zero-order valence-corrected chi connectivity index (χ0v) is 16.4. The third-order valence-electron chi connectivity index (χ3n) is 4.26. The van der Waals surface area contributed by atoms with Crippen molar-refractivity contribution in [2.24, 2.45) is 0 Å². The molecule has 1 amide bonds. The highest BCUT2D eigenvalue weighted by atomic mass is 32.2. The van der Waals surface area contributed by atoms with Gasteiger partial charge in [0.25, 0.3) is 0 Å². The van der Waals surface area contributed by atoms with Gasteiger partial charge in [0.2, 0.25) is 11.1 Å². The Bertz CT molecular complexity index is 891. The molecule has 2 heterocycles. The first kappa shape index (κ1) is 18.0. The van der Waals surface area contributed by atoms with E-state index < -0.39 is 0 Å². The van der Waals surface area contributed by atoms with Crippen LogP contribution in [0, 0.1) is 0 Å². The third kappa shape index (κ3) is 4.30. The molecular formula is C18H19N5O2S2. The molecule has 1 saturated carbocycles. The van der Waals surface area contributed by atoms with Crippen molar-refractivity contribution in [2.45, 2.75) is 30.6 Å². The van der Waals surface area contributed by atoms with Crippen LogP contribution in [0.25, 0.3) is 0 Å². The molecule has 0 bridgehead atoms. The summed E-state index contributed by atoms with van der Waals surface area (Å²) >= 11 is 3.03. The van der Waals surface area contributed by atoms with Crippen LogP contribution in [0.15, 0.2) is 46.9 Å². The van der Waals surface area contributed by atoms with E-state index in [1.807, 2.05) is 46.5 Å². The van der Waals surface area contributed by atoms with Gasteiger partial charge < -0.3 is 9.64 Å². The molecule has 1 aromatic carbocycles. The molecule has 1 aliphatic carbocycles. The van der Waals surface area contributed by atoms with Gasteiger partial charge in [0.05, 0.1) is 25.4 Å². The Morgan fingerprint density at radius 1 is 1.33 bits per heavy atom. The van der Waals surface area contributed by atoms with Crippen LogP contribution in [0.1, 0.15) is 23.8 Å². The van der Waals surface area contributed by atoms with Gasteiger partial charge in [-0.3, -0.25) is 4.79 Å². The molecule has 27 heavy (non-hydrogen) atoms. The fraction of sp³-hybridized carbons (Fsp3) is 0.333. The molecule has 0 atom stereocenters. The summed E-state index contributed by atoms with van der Waals surface area (Å²) in [4.78, 5) is 15.9. The lowest BCUT2D eigenvalue weighted by Crippen LogP contribution is -2.31. The molecule has 140 valence electrons. The summed E-state index contributed by atoms with van der Waals surface area (Å²) in [6, 6.07) is 12.0. The van der Waals surface area contributed by atoms with Gasteiger partial charge in [0.15, 0.2) is 0 Å². The third-order valence-corrected chi connectivity index (χ3v) is 6.04. The normalized spacial score (nSPS) is 13.5. The van der Waals surface area contributed by atoms with E-state index in [0.29, 0.717) is 17.7 Å². The molecule has 4 rings (SSSR count). The van der Waals surface area contributed by atoms with Crippen molar-refractivity contribution in [2.75, 3.05) is 17.8 Å². The average Bonchev–Trinajstić information content (AvgIpc) is 3.21. The predicted molar refractivity (Wildman–Crippen MR) is 105 cm³/mol. The maximum Gasteiger partial charge on any atom is 0.237 e. The van der Waals surface area contributed by atoms with Gasteiger partial charge in [-0.15, -0.1) is 16.4 Å². The van der Waals surface area contributed by atoms with E-state index in [-0.39, 0.29) is 11.7 Å². The second kappa shape index (κ2) is 8.10. The topological polar surface area (TPSA) is 73.1 Å². The van der Waals surface area contributed by atoms with Crippen molar-refractivity contribution in [3.05, 3.63) is 46.7 Å². The van der Waals surface area contributed by atoms with Gasteiger partial charge in [-0.05, 0) is 59.0 Å². The Balaban J connectivity index is 1.49. The summed E-state index contributed by atoms with van der Waals surface area (Å²) in [5, 5.41) is 14.6. The number of amides is 1. The van der Waals surface area contributed by atoms with Crippen LogP contribution in [-0.4, -0.2) is 39.0 Å². The van der Waals surface area contributed by atoms with E-state index in [9.17, 15) is 4.79 Å². The van der Waals surface area contributed by atoms with Crippen molar-refractivity contribution >= 4 is 34.7 Å². The first-order chi connectivity index (χ1) is 13.2. The fourth-order valence-corrected chi connectivity index (χ4v) is 4.19. The molecule has 0 saturated heterocycles. The quantitative estimate of drug-likeness (QED) is 0.539. The lowest BCUT2D eigenvalue weighted by Gasteiger charge is -2.22. The Labute approximate surface area is 165 Å². The number of aromatic nitrogens is 4. The number of anilines is 1. The molecule has 2 aromatic heterocycles. The highest BCUT2D eigenvalue weighted by Gasteiger charge is 2.28. The van der Waals surface area contributed by atoms with E-state index in [4.69, 9.17) is 4.74 Å². The van der Waals surface area contributed by atoms with Gasteiger partial charge >= 0.3 is 0 Å². The van der Waals surface area contributed by atoms with E-state index in [1.54, 1.807) is 23.3 Å². The molecule has 0 spiro atoms. The highest BCUT2D eigenvalue weighted by Crippen LogP contribution is 2.36. The second-order valence-electron chi connectivity index (χ2n) is 6.18. The van der Waals surface area contributed by atoms with Crippen LogP contribution in [0.5, 0.6) is 5.75 Å². The smallest absolute Gasteiger partial charge is 0.237 e. The van der Waals surface area contributed by atoms with Gasteiger partial charge in [-0.1, -0.05) is 17.8 Å². The highest BCUT2D eigenvalue weighted by molar-refractivity contribution is 7.99. The summed E-state index contributed by atoms with van der Waals surface area (Å²) in [7, 11) is 1.63. The molecule has 9 heteroatoms. The molecule has 1 aliphatic rings.